The molecule has 1 aliphatic heterocycles. The first-order valence-electron chi connectivity index (χ1n) is 7.88. The lowest BCUT2D eigenvalue weighted by atomic mass is 10.1. The Balaban J connectivity index is 1.58. The highest BCUT2D eigenvalue weighted by molar-refractivity contribution is 5.94. The molecule has 1 aliphatic carbocycles. The molecule has 0 radical (unpaired) electrons. The van der Waals surface area contributed by atoms with Crippen molar-refractivity contribution in [2.45, 2.75) is 18.9 Å². The molecule has 3 rings (SSSR count). The second-order valence-electron chi connectivity index (χ2n) is 5.64. The van der Waals surface area contributed by atoms with E-state index in [1.165, 1.54) is 6.08 Å². The fourth-order valence-corrected chi connectivity index (χ4v) is 2.29. The average molecular weight is 332 g/mol. The Kier molecular flexibility index (Phi) is 4.88. The lowest BCUT2D eigenvalue weighted by Gasteiger charge is -2.20. The molecule has 1 aromatic carbocycles. The van der Waals surface area contributed by atoms with Crippen LogP contribution >= 0.6 is 0 Å². The number of hydrogen-bond acceptors (Lipinski definition) is 5. The van der Waals surface area contributed by atoms with Crippen LogP contribution in [0.1, 0.15) is 18.4 Å². The van der Waals surface area contributed by atoms with Gasteiger partial charge in [0.25, 0.3) is 0 Å². The zero-order valence-electron chi connectivity index (χ0n) is 13.5. The minimum Gasteiger partial charge on any atom is -0.493 e. The number of rotatable bonds is 6. The molecule has 0 saturated heterocycles. The molecule has 0 atom stereocenters. The number of carbonyl (C=O) groups is 2. The largest absolute Gasteiger partial charge is 0.493 e. The number of hydrogen-bond donors (Lipinski definition) is 2. The summed E-state index contributed by atoms with van der Waals surface area (Å²) in [6.07, 6.45) is 5.04. The molecule has 7 heteroatoms. The van der Waals surface area contributed by atoms with E-state index in [1.54, 1.807) is 25.3 Å². The molecule has 24 heavy (non-hydrogen) atoms. The smallest absolute Gasteiger partial charge is 0.244 e. The second kappa shape index (κ2) is 7.25. The fourth-order valence-electron chi connectivity index (χ4n) is 2.29. The van der Waals surface area contributed by atoms with Crippen molar-refractivity contribution < 1.29 is 23.8 Å². The van der Waals surface area contributed by atoms with Gasteiger partial charge in [0, 0.05) is 12.1 Å². The van der Waals surface area contributed by atoms with Gasteiger partial charge in [-0.15, -0.1) is 0 Å². The van der Waals surface area contributed by atoms with Crippen LogP contribution in [0.15, 0.2) is 18.2 Å². The molecule has 1 fully saturated rings. The summed E-state index contributed by atoms with van der Waals surface area (Å²) in [6, 6.07) is 3.83. The van der Waals surface area contributed by atoms with Crippen LogP contribution in [-0.2, 0) is 9.59 Å². The quantitative estimate of drug-likeness (QED) is 0.755. The molecule has 2 N–H and O–H groups in total. The van der Waals surface area contributed by atoms with E-state index in [0.29, 0.717) is 30.5 Å². The molecular weight excluding hydrogens is 312 g/mol. The van der Waals surface area contributed by atoms with Gasteiger partial charge in [0.05, 0.1) is 13.7 Å². The third kappa shape index (κ3) is 4.18. The first-order valence-corrected chi connectivity index (χ1v) is 7.88. The highest BCUT2D eigenvalue weighted by Gasteiger charge is 2.23. The van der Waals surface area contributed by atoms with Crippen molar-refractivity contribution in [3.05, 3.63) is 23.8 Å². The van der Waals surface area contributed by atoms with E-state index in [0.717, 1.165) is 18.4 Å². The molecule has 0 aromatic heterocycles. The third-order valence-corrected chi connectivity index (χ3v) is 3.64. The van der Waals surface area contributed by atoms with Crippen molar-refractivity contribution in [3.8, 4) is 17.2 Å². The molecular formula is C17H20N2O5. The molecule has 128 valence electrons. The van der Waals surface area contributed by atoms with Crippen molar-refractivity contribution in [1.29, 1.82) is 0 Å². The second-order valence-corrected chi connectivity index (χ2v) is 5.64. The van der Waals surface area contributed by atoms with E-state index in [1.807, 2.05) is 0 Å². The van der Waals surface area contributed by atoms with Crippen LogP contribution in [0.5, 0.6) is 17.2 Å². The van der Waals surface area contributed by atoms with Crippen molar-refractivity contribution in [1.82, 2.24) is 10.6 Å². The standard InChI is InChI=1S/C17H20N2O5/c1-22-13-8-11(9-14-17(13)24-7-6-23-14)2-5-15(20)18-10-16(21)19-12-3-4-12/h2,5,8-9,12H,3-4,6-7,10H2,1H3,(H,18,20)(H,19,21)/b5-2+. The molecule has 2 amide bonds. The van der Waals surface area contributed by atoms with Gasteiger partial charge in [-0.05, 0) is 36.6 Å². The van der Waals surface area contributed by atoms with Crippen LogP contribution in [0.2, 0.25) is 0 Å². The van der Waals surface area contributed by atoms with Gasteiger partial charge >= 0.3 is 0 Å². The van der Waals surface area contributed by atoms with E-state index in [9.17, 15) is 9.59 Å². The number of carbonyl (C=O) groups excluding carboxylic acids is 2. The molecule has 0 bridgehead atoms. The summed E-state index contributed by atoms with van der Waals surface area (Å²) in [6.45, 7) is 0.925. The average Bonchev–Trinajstić information content (AvgIpc) is 3.41. The Morgan fingerprint density at radius 2 is 2.08 bits per heavy atom. The van der Waals surface area contributed by atoms with Gasteiger partial charge < -0.3 is 24.8 Å². The summed E-state index contributed by atoms with van der Waals surface area (Å²) in [4.78, 5) is 23.3. The molecule has 1 aromatic rings. The van der Waals surface area contributed by atoms with E-state index in [-0.39, 0.29) is 24.4 Å². The molecule has 2 aliphatic rings. The first kappa shape index (κ1) is 16.2. The maximum Gasteiger partial charge on any atom is 0.244 e. The predicted molar refractivity (Wildman–Crippen MR) is 87.2 cm³/mol. The minimum atomic E-state index is -0.338. The number of benzene rings is 1. The summed E-state index contributed by atoms with van der Waals surface area (Å²) in [5.41, 5.74) is 0.744. The lowest BCUT2D eigenvalue weighted by Crippen LogP contribution is -2.37. The van der Waals surface area contributed by atoms with Gasteiger partial charge in [-0.1, -0.05) is 0 Å². The molecule has 0 unspecified atom stereocenters. The van der Waals surface area contributed by atoms with E-state index in [4.69, 9.17) is 14.2 Å². The summed E-state index contributed by atoms with van der Waals surface area (Å²) in [7, 11) is 1.55. The van der Waals surface area contributed by atoms with Crippen molar-refractivity contribution in [3.63, 3.8) is 0 Å². The zero-order chi connectivity index (χ0) is 16.9. The van der Waals surface area contributed by atoms with Crippen LogP contribution in [0.3, 0.4) is 0 Å². The SMILES string of the molecule is COc1cc(/C=C/C(=O)NCC(=O)NC2CC2)cc2c1OCCO2. The van der Waals surface area contributed by atoms with Crippen LogP contribution in [0.4, 0.5) is 0 Å². The summed E-state index contributed by atoms with van der Waals surface area (Å²) in [5.74, 6) is 1.21. The van der Waals surface area contributed by atoms with Crippen molar-refractivity contribution in [2.75, 3.05) is 26.9 Å². The van der Waals surface area contributed by atoms with Crippen LogP contribution in [0.25, 0.3) is 6.08 Å². The van der Waals surface area contributed by atoms with Gasteiger partial charge in [0.1, 0.15) is 13.2 Å². The highest BCUT2D eigenvalue weighted by atomic mass is 16.6. The van der Waals surface area contributed by atoms with Gasteiger partial charge in [0.15, 0.2) is 11.5 Å². The van der Waals surface area contributed by atoms with Gasteiger partial charge in [-0.2, -0.15) is 0 Å². The number of ether oxygens (including phenoxy) is 3. The number of nitrogens with one attached hydrogen (secondary N) is 2. The first-order chi connectivity index (χ1) is 11.7. The summed E-state index contributed by atoms with van der Waals surface area (Å²) in [5, 5.41) is 5.36. The topological polar surface area (TPSA) is 85.9 Å². The molecule has 0 spiro atoms. The fraction of sp³-hybridized carbons (Fsp3) is 0.412. The van der Waals surface area contributed by atoms with E-state index >= 15 is 0 Å². The monoisotopic (exact) mass is 332 g/mol. The summed E-state index contributed by atoms with van der Waals surface area (Å²) >= 11 is 0. The number of fused-ring (bicyclic) bond motifs is 1. The Labute approximate surface area is 140 Å². The van der Waals surface area contributed by atoms with Crippen LogP contribution < -0.4 is 24.8 Å². The normalized spacial score (nSPS) is 15.9. The third-order valence-electron chi connectivity index (χ3n) is 3.64. The Bertz CT molecular complexity index is 650. The van der Waals surface area contributed by atoms with Crippen molar-refractivity contribution in [2.24, 2.45) is 0 Å². The Hall–Kier alpha value is -2.70. The van der Waals surface area contributed by atoms with Gasteiger partial charge in [0.2, 0.25) is 17.6 Å². The lowest BCUT2D eigenvalue weighted by molar-refractivity contribution is -0.124. The zero-order valence-corrected chi connectivity index (χ0v) is 13.5. The minimum absolute atomic E-state index is 0.0237. The number of methoxy groups -OCH3 is 1. The van der Waals surface area contributed by atoms with Gasteiger partial charge in [-0.25, -0.2) is 0 Å². The van der Waals surface area contributed by atoms with Crippen LogP contribution in [-0.4, -0.2) is 44.7 Å². The summed E-state index contributed by atoms with van der Waals surface area (Å²) < 4.78 is 16.4. The maximum absolute atomic E-state index is 11.8. The Morgan fingerprint density at radius 3 is 2.83 bits per heavy atom. The number of amides is 2. The van der Waals surface area contributed by atoms with E-state index in [2.05, 4.69) is 10.6 Å². The van der Waals surface area contributed by atoms with Gasteiger partial charge in [-0.3, -0.25) is 9.59 Å². The van der Waals surface area contributed by atoms with Crippen molar-refractivity contribution >= 4 is 17.9 Å². The Morgan fingerprint density at radius 1 is 1.29 bits per heavy atom. The maximum atomic E-state index is 11.8. The van der Waals surface area contributed by atoms with Crippen LogP contribution in [0, 0.1) is 0 Å². The highest BCUT2D eigenvalue weighted by Crippen LogP contribution is 2.40. The molecule has 1 heterocycles. The van der Waals surface area contributed by atoms with E-state index < -0.39 is 0 Å². The molecule has 1 saturated carbocycles. The molecule has 7 nitrogen and oxygen atoms in total. The predicted octanol–water partition coefficient (Wildman–Crippen LogP) is 0.874.